The van der Waals surface area contributed by atoms with Gasteiger partial charge in [-0.3, -0.25) is 4.90 Å². The van der Waals surface area contributed by atoms with Crippen LogP contribution in [0.25, 0.3) is 0 Å². The summed E-state index contributed by atoms with van der Waals surface area (Å²) in [5.41, 5.74) is 0. The average molecular weight is 236 g/mol. The highest BCUT2D eigenvalue weighted by molar-refractivity contribution is 4.93. The van der Waals surface area contributed by atoms with Gasteiger partial charge in [-0.15, -0.1) is 0 Å². The first-order valence-corrected chi connectivity index (χ1v) is 7.82. The lowest BCUT2D eigenvalue weighted by atomic mass is 9.94. The van der Waals surface area contributed by atoms with Crippen LogP contribution in [0, 0.1) is 11.8 Å². The van der Waals surface area contributed by atoms with Gasteiger partial charge in [-0.05, 0) is 37.5 Å². The normalized spacial score (nSPS) is 41.1. The predicted octanol–water partition coefficient (Wildman–Crippen LogP) is 2.64. The summed E-state index contributed by atoms with van der Waals surface area (Å²) in [6.07, 6.45) is 10.3. The van der Waals surface area contributed by atoms with Crippen LogP contribution in [-0.4, -0.2) is 36.6 Å². The molecule has 17 heavy (non-hydrogen) atoms. The highest BCUT2D eigenvalue weighted by atomic mass is 15.2. The van der Waals surface area contributed by atoms with Crippen molar-refractivity contribution in [3.05, 3.63) is 0 Å². The molecule has 3 aliphatic rings. The lowest BCUT2D eigenvalue weighted by Gasteiger charge is -2.41. The fourth-order valence-corrected chi connectivity index (χ4v) is 3.93. The molecule has 0 bridgehead atoms. The third kappa shape index (κ3) is 2.85. The van der Waals surface area contributed by atoms with E-state index in [4.69, 9.17) is 0 Å². The summed E-state index contributed by atoms with van der Waals surface area (Å²) in [7, 11) is 0. The largest absolute Gasteiger partial charge is 0.311 e. The minimum Gasteiger partial charge on any atom is -0.311 e. The minimum atomic E-state index is 0.819. The monoisotopic (exact) mass is 236 g/mol. The molecule has 2 aliphatic carbocycles. The van der Waals surface area contributed by atoms with Crippen molar-refractivity contribution in [2.45, 2.75) is 64.0 Å². The lowest BCUT2D eigenvalue weighted by molar-refractivity contribution is 0.0969. The van der Waals surface area contributed by atoms with Gasteiger partial charge in [0.15, 0.2) is 0 Å². The van der Waals surface area contributed by atoms with E-state index in [-0.39, 0.29) is 0 Å². The van der Waals surface area contributed by atoms with Crippen LogP contribution in [-0.2, 0) is 0 Å². The molecule has 3 rings (SSSR count). The van der Waals surface area contributed by atoms with Crippen LogP contribution in [0.2, 0.25) is 0 Å². The molecule has 0 aromatic rings. The standard InChI is InChI=1S/C15H28N2/c1-12-5-3-2-4-6-15(12)17-10-9-16-14(11-17)13-7-8-13/h12-16H,2-11H2,1H3. The smallest absolute Gasteiger partial charge is 0.0223 e. The molecule has 0 spiro atoms. The second-order valence-electron chi connectivity index (χ2n) is 6.58. The van der Waals surface area contributed by atoms with Crippen LogP contribution >= 0.6 is 0 Å². The quantitative estimate of drug-likeness (QED) is 0.742. The Balaban J connectivity index is 1.60. The molecule has 1 saturated heterocycles. The number of hydrogen-bond donors (Lipinski definition) is 1. The summed E-state index contributed by atoms with van der Waals surface area (Å²) in [6, 6.07) is 1.71. The van der Waals surface area contributed by atoms with Crippen LogP contribution in [0.3, 0.4) is 0 Å². The van der Waals surface area contributed by atoms with Crippen molar-refractivity contribution < 1.29 is 0 Å². The highest BCUT2D eigenvalue weighted by Crippen LogP contribution is 2.35. The first kappa shape index (κ1) is 12.0. The summed E-state index contributed by atoms with van der Waals surface area (Å²) >= 11 is 0. The first-order chi connectivity index (χ1) is 8.34. The summed E-state index contributed by atoms with van der Waals surface area (Å²) in [5, 5.41) is 3.74. The zero-order valence-corrected chi connectivity index (χ0v) is 11.3. The highest BCUT2D eigenvalue weighted by Gasteiger charge is 2.36. The van der Waals surface area contributed by atoms with Gasteiger partial charge in [0, 0.05) is 31.7 Å². The maximum atomic E-state index is 3.74. The van der Waals surface area contributed by atoms with Gasteiger partial charge in [0.1, 0.15) is 0 Å². The topological polar surface area (TPSA) is 15.3 Å². The Morgan fingerprint density at radius 3 is 2.65 bits per heavy atom. The average Bonchev–Trinajstić information content (AvgIpc) is 3.16. The van der Waals surface area contributed by atoms with E-state index in [2.05, 4.69) is 17.1 Å². The SMILES string of the molecule is CC1CCCCCC1N1CCNC(C2CC2)C1. The zero-order valence-electron chi connectivity index (χ0n) is 11.3. The molecule has 0 aromatic carbocycles. The van der Waals surface area contributed by atoms with E-state index in [9.17, 15) is 0 Å². The van der Waals surface area contributed by atoms with Gasteiger partial charge in [0.25, 0.3) is 0 Å². The van der Waals surface area contributed by atoms with Crippen LogP contribution in [0.4, 0.5) is 0 Å². The number of piperazine rings is 1. The van der Waals surface area contributed by atoms with Crippen molar-refractivity contribution in [3.63, 3.8) is 0 Å². The van der Waals surface area contributed by atoms with Gasteiger partial charge in [0.05, 0.1) is 0 Å². The molecule has 1 aliphatic heterocycles. The molecule has 2 saturated carbocycles. The van der Waals surface area contributed by atoms with Gasteiger partial charge < -0.3 is 5.32 Å². The molecule has 0 aromatic heterocycles. The van der Waals surface area contributed by atoms with Crippen molar-refractivity contribution in [2.24, 2.45) is 11.8 Å². The Kier molecular flexibility index (Phi) is 3.72. The van der Waals surface area contributed by atoms with E-state index in [0.29, 0.717) is 0 Å². The van der Waals surface area contributed by atoms with Crippen molar-refractivity contribution in [2.75, 3.05) is 19.6 Å². The summed E-state index contributed by atoms with van der Waals surface area (Å²) < 4.78 is 0. The van der Waals surface area contributed by atoms with E-state index in [1.165, 1.54) is 64.6 Å². The van der Waals surface area contributed by atoms with E-state index in [1.807, 2.05) is 0 Å². The Labute approximate surface area is 106 Å². The first-order valence-electron chi connectivity index (χ1n) is 7.82. The molecule has 98 valence electrons. The maximum absolute atomic E-state index is 3.74. The molecule has 1 N–H and O–H groups in total. The van der Waals surface area contributed by atoms with E-state index >= 15 is 0 Å². The maximum Gasteiger partial charge on any atom is 0.0223 e. The summed E-state index contributed by atoms with van der Waals surface area (Å²) in [5.74, 6) is 1.94. The van der Waals surface area contributed by atoms with Crippen LogP contribution in [0.15, 0.2) is 0 Å². The molecule has 1 heterocycles. The Bertz CT molecular complexity index is 249. The van der Waals surface area contributed by atoms with Gasteiger partial charge in [-0.25, -0.2) is 0 Å². The summed E-state index contributed by atoms with van der Waals surface area (Å²) in [4.78, 5) is 2.83. The van der Waals surface area contributed by atoms with Gasteiger partial charge in [-0.1, -0.05) is 26.2 Å². The second-order valence-corrected chi connectivity index (χ2v) is 6.58. The Hall–Kier alpha value is -0.0800. The summed E-state index contributed by atoms with van der Waals surface area (Å²) in [6.45, 7) is 6.34. The Morgan fingerprint density at radius 2 is 1.82 bits per heavy atom. The van der Waals surface area contributed by atoms with Gasteiger partial charge in [-0.2, -0.15) is 0 Å². The number of hydrogen-bond acceptors (Lipinski definition) is 2. The molecule has 2 nitrogen and oxygen atoms in total. The molecular formula is C15H28N2. The van der Waals surface area contributed by atoms with Crippen LogP contribution in [0.1, 0.15) is 51.9 Å². The zero-order chi connectivity index (χ0) is 11.7. The number of nitrogens with zero attached hydrogens (tertiary/aromatic N) is 1. The third-order valence-corrected chi connectivity index (χ3v) is 5.21. The fourth-order valence-electron chi connectivity index (χ4n) is 3.93. The van der Waals surface area contributed by atoms with Gasteiger partial charge >= 0.3 is 0 Å². The molecule has 3 atom stereocenters. The van der Waals surface area contributed by atoms with Crippen LogP contribution in [0.5, 0.6) is 0 Å². The van der Waals surface area contributed by atoms with Crippen molar-refractivity contribution in [3.8, 4) is 0 Å². The van der Waals surface area contributed by atoms with Crippen molar-refractivity contribution in [1.29, 1.82) is 0 Å². The Morgan fingerprint density at radius 1 is 1.00 bits per heavy atom. The predicted molar refractivity (Wildman–Crippen MR) is 72.1 cm³/mol. The van der Waals surface area contributed by atoms with E-state index in [0.717, 1.165) is 23.9 Å². The molecular weight excluding hydrogens is 208 g/mol. The molecule has 3 unspecified atom stereocenters. The van der Waals surface area contributed by atoms with E-state index in [1.54, 1.807) is 0 Å². The third-order valence-electron chi connectivity index (χ3n) is 5.21. The van der Waals surface area contributed by atoms with E-state index < -0.39 is 0 Å². The fraction of sp³-hybridized carbons (Fsp3) is 1.00. The molecule has 0 radical (unpaired) electrons. The molecule has 0 amide bonds. The van der Waals surface area contributed by atoms with Crippen LogP contribution < -0.4 is 5.32 Å². The van der Waals surface area contributed by atoms with Crippen molar-refractivity contribution >= 4 is 0 Å². The minimum absolute atomic E-state index is 0.819. The lowest BCUT2D eigenvalue weighted by Crippen LogP contribution is -2.55. The number of rotatable bonds is 2. The van der Waals surface area contributed by atoms with Crippen molar-refractivity contribution in [1.82, 2.24) is 10.2 Å². The molecule has 3 fully saturated rings. The second kappa shape index (κ2) is 5.27. The van der Waals surface area contributed by atoms with Gasteiger partial charge in [0.2, 0.25) is 0 Å². The molecule has 2 heteroatoms. The number of nitrogens with one attached hydrogen (secondary N) is 1.